The first-order chi connectivity index (χ1) is 8.88. The summed E-state index contributed by atoms with van der Waals surface area (Å²) in [5, 5.41) is 0.241. The van der Waals surface area contributed by atoms with Crippen LogP contribution in [0.25, 0.3) is 20.2 Å². The molecule has 0 saturated heterocycles. The highest BCUT2D eigenvalue weighted by atomic mass is 32.2. The fourth-order valence-corrected chi connectivity index (χ4v) is 4.07. The van der Waals surface area contributed by atoms with E-state index < -0.39 is 27.6 Å². The Balaban J connectivity index is 0.00000147. The lowest BCUT2D eigenvalue weighted by Gasteiger charge is -1.96. The minimum absolute atomic E-state index is 0. The number of hydrogen-bond donors (Lipinski definition) is 0. The molecule has 0 radical (unpaired) electrons. The summed E-state index contributed by atoms with van der Waals surface area (Å²) in [4.78, 5) is 0. The molecule has 3 rings (SSSR count). The molecule has 3 aromatic rings. The molecule has 106 valence electrons. The fourth-order valence-electron chi connectivity index (χ4n) is 2.15. The van der Waals surface area contributed by atoms with Gasteiger partial charge in [-0.3, -0.25) is 0 Å². The van der Waals surface area contributed by atoms with Gasteiger partial charge in [0.1, 0.15) is 22.1 Å². The molecule has 1 heterocycles. The summed E-state index contributed by atoms with van der Waals surface area (Å²) in [6.45, 7) is 0. The lowest BCUT2D eigenvalue weighted by atomic mass is 10.1. The highest BCUT2D eigenvalue weighted by Crippen LogP contribution is 2.53. The largest absolute Gasteiger partial charge is 0.601 e. The Bertz CT molecular complexity index is 726. The van der Waals surface area contributed by atoms with Gasteiger partial charge in [-0.25, -0.2) is 8.78 Å². The van der Waals surface area contributed by atoms with Crippen LogP contribution in [0.15, 0.2) is 36.4 Å². The Morgan fingerprint density at radius 2 is 1.15 bits per heavy atom. The third-order valence-electron chi connectivity index (χ3n) is 2.84. The van der Waals surface area contributed by atoms with Crippen LogP contribution >= 0.6 is 10.5 Å². The second-order valence-corrected chi connectivity index (χ2v) is 5.99. The average molecular weight is 304 g/mol. The molecule has 0 aliphatic carbocycles. The minimum Gasteiger partial charge on any atom is -0.358 e. The molecular weight excluding hydrogens is 295 g/mol. The maximum Gasteiger partial charge on any atom is 0.601 e. The highest BCUT2D eigenvalue weighted by molar-refractivity contribution is 7.43. The molecule has 0 aliphatic rings. The van der Waals surface area contributed by atoms with E-state index in [0.29, 0.717) is 0 Å². The van der Waals surface area contributed by atoms with E-state index in [0.717, 1.165) is 36.4 Å². The first-order valence-electron chi connectivity index (χ1n) is 5.28. The van der Waals surface area contributed by atoms with Gasteiger partial charge in [0.05, 0.1) is 10.8 Å². The molecule has 20 heavy (non-hydrogen) atoms. The maximum atomic E-state index is 13.2. The van der Waals surface area contributed by atoms with E-state index in [4.69, 9.17) is 0 Å². The Labute approximate surface area is 114 Å². The lowest BCUT2D eigenvalue weighted by Crippen LogP contribution is -1.95. The number of halogens is 5. The van der Waals surface area contributed by atoms with Crippen molar-refractivity contribution in [2.45, 2.75) is 5.51 Å². The van der Waals surface area contributed by atoms with Crippen molar-refractivity contribution in [1.29, 1.82) is 0 Å². The zero-order valence-electron chi connectivity index (χ0n) is 10.3. The van der Waals surface area contributed by atoms with Gasteiger partial charge in [-0.1, -0.05) is 0 Å². The third-order valence-corrected chi connectivity index (χ3v) is 4.90. The van der Waals surface area contributed by atoms with Crippen LogP contribution in [0.2, 0.25) is 0 Å². The number of fused-ring (bicyclic) bond motifs is 3. The van der Waals surface area contributed by atoms with E-state index in [1.165, 1.54) is 0 Å². The van der Waals surface area contributed by atoms with Gasteiger partial charge in [0.25, 0.3) is 0 Å². The molecule has 0 spiro atoms. The van der Waals surface area contributed by atoms with Gasteiger partial charge < -0.3 is 7.43 Å². The van der Waals surface area contributed by atoms with Gasteiger partial charge in [0.15, 0.2) is 9.40 Å². The van der Waals surface area contributed by atoms with Crippen molar-refractivity contribution in [1.82, 2.24) is 0 Å². The van der Waals surface area contributed by atoms with Gasteiger partial charge in [0.2, 0.25) is 0 Å². The van der Waals surface area contributed by atoms with Crippen molar-refractivity contribution in [2.24, 2.45) is 0 Å². The van der Waals surface area contributed by atoms with Gasteiger partial charge in [-0.05, 0) is 24.3 Å². The van der Waals surface area contributed by atoms with E-state index in [1.54, 1.807) is 0 Å². The van der Waals surface area contributed by atoms with E-state index in [9.17, 15) is 22.0 Å². The second kappa shape index (κ2) is 4.70. The first-order valence-corrected chi connectivity index (χ1v) is 6.51. The van der Waals surface area contributed by atoms with Crippen LogP contribution in [0.5, 0.6) is 0 Å². The smallest absolute Gasteiger partial charge is 0.358 e. The fraction of sp³-hybridized carbons (Fsp3) is 0.0714. The van der Waals surface area contributed by atoms with Crippen molar-refractivity contribution in [3.8, 4) is 0 Å². The molecule has 0 N–H and O–H groups in total. The molecule has 0 unspecified atom stereocenters. The van der Waals surface area contributed by atoms with E-state index in [-0.39, 0.29) is 27.6 Å². The molecule has 6 heteroatoms. The summed E-state index contributed by atoms with van der Waals surface area (Å²) in [5.41, 5.74) is -4.46. The van der Waals surface area contributed by atoms with Gasteiger partial charge in [-0.15, -0.1) is 13.2 Å². The SMILES string of the molecule is Fc1ccc2c(c1)c1cc(F)ccc1[s+]2C(F)(F)F.[CH3-]. The summed E-state index contributed by atoms with van der Waals surface area (Å²) in [6.07, 6.45) is 0. The summed E-state index contributed by atoms with van der Waals surface area (Å²) in [7, 11) is -2.14. The Morgan fingerprint density at radius 3 is 1.50 bits per heavy atom. The number of benzene rings is 2. The van der Waals surface area contributed by atoms with Crippen molar-refractivity contribution in [2.75, 3.05) is 0 Å². The Kier molecular flexibility index (Phi) is 3.46. The van der Waals surface area contributed by atoms with Crippen molar-refractivity contribution < 1.29 is 22.0 Å². The molecule has 0 nitrogen and oxygen atoms in total. The summed E-state index contributed by atoms with van der Waals surface area (Å²) in [5.74, 6) is -1.27. The van der Waals surface area contributed by atoms with Gasteiger partial charge >= 0.3 is 5.51 Å². The molecule has 0 aliphatic heterocycles. The van der Waals surface area contributed by atoms with Gasteiger partial charge in [-0.2, -0.15) is 0 Å². The van der Waals surface area contributed by atoms with Crippen molar-refractivity contribution in [3.63, 3.8) is 0 Å². The van der Waals surface area contributed by atoms with E-state index >= 15 is 0 Å². The van der Waals surface area contributed by atoms with Crippen LogP contribution in [0, 0.1) is 19.1 Å². The normalized spacial score (nSPS) is 11.8. The molecule has 0 saturated carbocycles. The molecule has 1 aromatic heterocycles. The number of alkyl halides is 3. The standard InChI is InChI=1S/C13H6F5S.CH3/c14-7-1-3-11-9(5-7)10-6-8(15)2-4-12(10)19(11)13(16,17)18;/h1-6H;1H3/q+1;-1. The van der Waals surface area contributed by atoms with Crippen LogP contribution in [-0.2, 0) is 5.51 Å². The maximum absolute atomic E-state index is 13.2. The van der Waals surface area contributed by atoms with Crippen LogP contribution in [0.3, 0.4) is 0 Å². The molecule has 0 amide bonds. The van der Waals surface area contributed by atoms with Crippen molar-refractivity contribution in [3.05, 3.63) is 55.5 Å². The van der Waals surface area contributed by atoms with E-state index in [1.807, 2.05) is 0 Å². The predicted molar refractivity (Wildman–Crippen MR) is 71.6 cm³/mol. The summed E-state index contributed by atoms with van der Waals surface area (Å²) in [6, 6.07) is 6.27. The van der Waals surface area contributed by atoms with Crippen LogP contribution in [-0.4, -0.2) is 0 Å². The molecular formula is C14H9F5S. The first kappa shape index (κ1) is 14.7. The highest BCUT2D eigenvalue weighted by Gasteiger charge is 2.47. The predicted octanol–water partition coefficient (Wildman–Crippen LogP) is 5.95. The number of rotatable bonds is 0. The Morgan fingerprint density at radius 1 is 0.750 bits per heavy atom. The zero-order chi connectivity index (χ0) is 13.8. The number of hydrogen-bond acceptors (Lipinski definition) is 0. The molecule has 2 aromatic carbocycles. The minimum atomic E-state index is -4.46. The van der Waals surface area contributed by atoms with Crippen molar-refractivity contribution >= 4 is 30.6 Å². The second-order valence-electron chi connectivity index (χ2n) is 4.03. The van der Waals surface area contributed by atoms with E-state index in [2.05, 4.69) is 0 Å². The van der Waals surface area contributed by atoms with Crippen LogP contribution in [0.1, 0.15) is 0 Å². The average Bonchev–Trinajstić information content (AvgIpc) is 2.62. The number of thiophene rings is 1. The Hall–Kier alpha value is -1.69. The molecule has 0 fully saturated rings. The van der Waals surface area contributed by atoms with Gasteiger partial charge in [0, 0.05) is 12.1 Å². The molecule has 0 bridgehead atoms. The quantitative estimate of drug-likeness (QED) is 0.273. The topological polar surface area (TPSA) is 0 Å². The molecule has 0 atom stereocenters. The van der Waals surface area contributed by atoms with Crippen LogP contribution in [0.4, 0.5) is 22.0 Å². The monoisotopic (exact) mass is 304 g/mol. The zero-order valence-corrected chi connectivity index (χ0v) is 11.1. The van der Waals surface area contributed by atoms with Crippen LogP contribution < -0.4 is 0 Å². The summed E-state index contributed by atoms with van der Waals surface area (Å²) < 4.78 is 65.8. The summed E-state index contributed by atoms with van der Waals surface area (Å²) >= 11 is 0. The lowest BCUT2D eigenvalue weighted by molar-refractivity contribution is -0.0862. The third kappa shape index (κ3) is 2.14.